The normalized spacial score (nSPS) is 20.0. The SMILES string of the molecule is C=CC(OC)OC.C=CCC[N+]1=C(C=CC=CC=C2N(CCC3OCCO3)c3ccccc3C2(C)C)C(C)(C)c2ccccc21.COC(C)/C=C/CCN1/C(=C/C=C/C=C/C2=[N+](CCC3OCCO3)c3ccccc3C2(C)C)C(C)(C)c2ccccc21.[Cl-].[I-]. The molecule has 11 nitrogen and oxygen atoms in total. The summed E-state index contributed by atoms with van der Waals surface area (Å²) in [6, 6.07) is 35.1. The van der Waals surface area contributed by atoms with Gasteiger partial charge in [0.05, 0.1) is 49.8 Å². The molecule has 4 aromatic rings. The molecule has 1 unspecified atom stereocenters. The largest absolute Gasteiger partial charge is 1.00 e. The number of benzene rings is 4. The molecule has 6 aliphatic rings. The number of rotatable bonds is 23. The molecule has 2 saturated heterocycles. The summed E-state index contributed by atoms with van der Waals surface area (Å²) in [5.41, 5.74) is 15.6. The Bertz CT molecular complexity index is 3290. The minimum atomic E-state index is -0.250. The highest BCUT2D eigenvalue weighted by Gasteiger charge is 2.46. The standard InChI is InChI=1S/C37H47N2O3.C34H41N2O2.C5H10O2.ClH.HI/c1-28(40-6)16-14-15-24-38-31-19-12-10-17-29(31)36(2,3)33(38)21-8-7-9-22-34-37(4,5)30-18-11-13-20-32(30)39(34)25-23-35-41-26-27-42-35;1-6-7-22-35-28-17-13-11-15-26(28)33(2,3)30(35)19-9-8-10-20-31-34(4,5)27-16-12-14-18-29(27)36(31)23-21-32-37-24-25-38-32;1-4-5(6-2)7-3;;/h7-14,16-22,28,35H,15,23-27H2,1-6H3;6,8-20,32H,1,7,21-25H2,2-5H3;4-5H,1H2,2-3H3;2*1H/q2*+1;;;/p-2/b16-14+;;;;. The first-order chi connectivity index (χ1) is 41.9. The van der Waals surface area contributed by atoms with E-state index in [1.54, 1.807) is 27.4 Å². The predicted octanol–water partition coefficient (Wildman–Crippen LogP) is 9.60. The maximum atomic E-state index is 5.74. The molecule has 13 heteroatoms. The van der Waals surface area contributed by atoms with Crippen molar-refractivity contribution in [3.05, 3.63) is 229 Å². The molecule has 10 rings (SSSR count). The zero-order valence-corrected chi connectivity index (χ0v) is 57.8. The molecule has 89 heavy (non-hydrogen) atoms. The molecule has 6 aliphatic heterocycles. The molecule has 2 fully saturated rings. The van der Waals surface area contributed by atoms with Gasteiger partial charge in [-0.2, -0.15) is 9.15 Å². The Hall–Kier alpha value is -5.78. The van der Waals surface area contributed by atoms with E-state index in [2.05, 4.69) is 264 Å². The summed E-state index contributed by atoms with van der Waals surface area (Å²) in [5.74, 6) is 0. The lowest BCUT2D eigenvalue weighted by Gasteiger charge is -2.27. The number of para-hydroxylation sites is 4. The molecule has 0 N–H and O–H groups in total. The van der Waals surface area contributed by atoms with Crippen LogP contribution in [0.1, 0.15) is 110 Å². The molecule has 478 valence electrons. The molecule has 0 saturated carbocycles. The average molecular weight is 1340 g/mol. The van der Waals surface area contributed by atoms with Gasteiger partial charge in [-0.1, -0.05) is 162 Å². The number of anilines is 2. The van der Waals surface area contributed by atoms with E-state index in [1.165, 1.54) is 67.8 Å². The van der Waals surface area contributed by atoms with Crippen LogP contribution in [-0.4, -0.2) is 119 Å². The molecule has 1 atom stereocenters. The zero-order chi connectivity index (χ0) is 62.2. The van der Waals surface area contributed by atoms with Gasteiger partial charge in [-0.3, -0.25) is 0 Å². The number of hydrogen-bond acceptors (Lipinski definition) is 9. The molecular weight excluding hydrogens is 1240 g/mol. The van der Waals surface area contributed by atoms with E-state index in [4.69, 9.17) is 33.2 Å². The lowest BCUT2D eigenvalue weighted by atomic mass is 9.81. The maximum absolute atomic E-state index is 5.74. The van der Waals surface area contributed by atoms with Gasteiger partial charge in [0, 0.05) is 116 Å². The Morgan fingerprint density at radius 1 is 0.528 bits per heavy atom. The summed E-state index contributed by atoms with van der Waals surface area (Å²) in [4.78, 5) is 4.92. The second-order valence-corrected chi connectivity index (χ2v) is 24.8. The lowest BCUT2D eigenvalue weighted by Crippen LogP contribution is -3.00. The van der Waals surface area contributed by atoms with E-state index >= 15 is 0 Å². The number of halogens is 2. The highest BCUT2D eigenvalue weighted by Crippen LogP contribution is 2.49. The molecule has 4 aromatic carbocycles. The van der Waals surface area contributed by atoms with E-state index in [0.29, 0.717) is 26.4 Å². The van der Waals surface area contributed by atoms with Crippen molar-refractivity contribution in [1.82, 2.24) is 0 Å². The van der Waals surface area contributed by atoms with Crippen LogP contribution in [0.15, 0.2) is 207 Å². The van der Waals surface area contributed by atoms with Crippen LogP contribution in [0.3, 0.4) is 0 Å². The molecule has 0 aromatic heterocycles. The summed E-state index contributed by atoms with van der Waals surface area (Å²) in [6.45, 7) is 34.4. The smallest absolute Gasteiger partial charge is 0.209 e. The van der Waals surface area contributed by atoms with Gasteiger partial charge in [0.15, 0.2) is 43.4 Å². The van der Waals surface area contributed by atoms with Gasteiger partial charge in [0.1, 0.15) is 0 Å². The van der Waals surface area contributed by atoms with Gasteiger partial charge >= 0.3 is 0 Å². The summed E-state index contributed by atoms with van der Waals surface area (Å²) in [7, 11) is 4.88. The Morgan fingerprint density at radius 3 is 1.39 bits per heavy atom. The first-order valence-electron chi connectivity index (χ1n) is 31.2. The highest BCUT2D eigenvalue weighted by molar-refractivity contribution is 6.04. The van der Waals surface area contributed by atoms with Crippen molar-refractivity contribution in [3.8, 4) is 0 Å². The van der Waals surface area contributed by atoms with Crippen LogP contribution in [0.5, 0.6) is 0 Å². The third-order valence-corrected chi connectivity index (χ3v) is 17.7. The number of methoxy groups -OCH3 is 3. The summed E-state index contributed by atoms with van der Waals surface area (Å²) in [5, 5.41) is 0. The molecule has 0 radical (unpaired) electrons. The van der Waals surface area contributed by atoms with E-state index in [1.807, 2.05) is 6.08 Å². The average Bonchev–Trinajstić information content (AvgIpc) is 1.79. The minimum absolute atomic E-state index is 0. The minimum Gasteiger partial charge on any atom is -1.00 e. The molecule has 0 amide bonds. The number of hydrogen-bond donors (Lipinski definition) is 0. The number of allylic oxidation sites excluding steroid dienone is 12. The van der Waals surface area contributed by atoms with Gasteiger partial charge in [0.25, 0.3) is 0 Å². The van der Waals surface area contributed by atoms with Crippen molar-refractivity contribution in [1.29, 1.82) is 0 Å². The van der Waals surface area contributed by atoms with Crippen molar-refractivity contribution in [2.24, 2.45) is 0 Å². The van der Waals surface area contributed by atoms with E-state index in [9.17, 15) is 0 Å². The van der Waals surface area contributed by atoms with E-state index in [-0.39, 0.29) is 83.0 Å². The van der Waals surface area contributed by atoms with Crippen LogP contribution in [0.2, 0.25) is 0 Å². The number of ether oxygens (including phenoxy) is 7. The first kappa shape index (κ1) is 72.3. The van der Waals surface area contributed by atoms with Crippen molar-refractivity contribution in [2.45, 2.75) is 135 Å². The number of fused-ring (bicyclic) bond motifs is 4. The Labute approximate surface area is 556 Å². The fourth-order valence-electron chi connectivity index (χ4n) is 12.9. The summed E-state index contributed by atoms with van der Waals surface area (Å²) >= 11 is 0. The fraction of sp³-hybridized carbons (Fsp3) is 0.421. The Kier molecular flexibility index (Phi) is 27.2. The van der Waals surface area contributed by atoms with Gasteiger partial charge in [-0.25, -0.2) is 0 Å². The third kappa shape index (κ3) is 16.8. The second kappa shape index (κ2) is 33.5. The van der Waals surface area contributed by atoms with Gasteiger partial charge in [0.2, 0.25) is 11.4 Å². The Morgan fingerprint density at radius 2 is 0.955 bits per heavy atom. The van der Waals surface area contributed by atoms with Crippen LogP contribution >= 0.6 is 0 Å². The van der Waals surface area contributed by atoms with Crippen LogP contribution in [0.4, 0.5) is 22.7 Å². The van der Waals surface area contributed by atoms with Crippen molar-refractivity contribution in [3.63, 3.8) is 0 Å². The molecule has 6 heterocycles. The summed E-state index contributed by atoms with van der Waals surface area (Å²) in [6.07, 6.45) is 33.4. The topological polar surface area (TPSA) is 77.1 Å². The second-order valence-electron chi connectivity index (χ2n) is 24.8. The van der Waals surface area contributed by atoms with Gasteiger partial charge in [-0.05, 0) is 82.5 Å². The predicted molar refractivity (Wildman–Crippen MR) is 359 cm³/mol. The third-order valence-electron chi connectivity index (χ3n) is 17.7. The van der Waals surface area contributed by atoms with Crippen molar-refractivity contribution >= 4 is 34.2 Å². The molecule has 0 spiro atoms. The Balaban J connectivity index is 0.000000252. The maximum Gasteiger partial charge on any atom is 0.209 e. The fourth-order valence-corrected chi connectivity index (χ4v) is 12.9. The molecular formula is C76H98ClIN4O7. The first-order valence-corrected chi connectivity index (χ1v) is 31.2. The van der Waals surface area contributed by atoms with Gasteiger partial charge in [-0.15, -0.1) is 6.58 Å². The van der Waals surface area contributed by atoms with Crippen LogP contribution in [0.25, 0.3) is 0 Å². The highest BCUT2D eigenvalue weighted by atomic mass is 127. The molecule has 0 bridgehead atoms. The zero-order valence-electron chi connectivity index (χ0n) is 54.9. The van der Waals surface area contributed by atoms with E-state index in [0.717, 1.165) is 51.9 Å². The lowest BCUT2D eigenvalue weighted by molar-refractivity contribution is -0.442. The molecule has 0 aliphatic carbocycles. The van der Waals surface area contributed by atoms with Crippen LogP contribution in [-0.2, 0) is 54.8 Å². The monoisotopic (exact) mass is 1340 g/mol. The van der Waals surface area contributed by atoms with Crippen LogP contribution < -0.4 is 46.2 Å². The summed E-state index contributed by atoms with van der Waals surface area (Å²) < 4.78 is 42.6. The van der Waals surface area contributed by atoms with Crippen molar-refractivity contribution < 1.29 is 78.7 Å². The quantitative estimate of drug-likeness (QED) is 0.0238. The van der Waals surface area contributed by atoms with Crippen molar-refractivity contribution in [2.75, 3.05) is 83.7 Å². The number of nitrogens with zero attached hydrogens (tertiary/aromatic N) is 4. The van der Waals surface area contributed by atoms with E-state index < -0.39 is 0 Å². The van der Waals surface area contributed by atoms with Crippen LogP contribution in [0, 0.1) is 0 Å². The van der Waals surface area contributed by atoms with Gasteiger partial charge < -0.3 is 79.3 Å².